The summed E-state index contributed by atoms with van der Waals surface area (Å²) in [6.45, 7) is -0.491. The van der Waals surface area contributed by atoms with Crippen molar-refractivity contribution < 1.29 is 18.6 Å². The molecule has 0 spiro atoms. The number of ether oxygens (including phenoxy) is 1. The van der Waals surface area contributed by atoms with Crippen LogP contribution in [0.3, 0.4) is 0 Å². The van der Waals surface area contributed by atoms with Gasteiger partial charge in [0.2, 0.25) is 0 Å². The molecule has 0 fully saturated rings. The molecule has 0 amide bonds. The van der Waals surface area contributed by atoms with E-state index in [-0.39, 0.29) is 11.3 Å². The molecule has 3 nitrogen and oxygen atoms in total. The molecule has 0 aliphatic rings. The van der Waals surface area contributed by atoms with E-state index in [2.05, 4.69) is 0 Å². The molecule has 15 heavy (non-hydrogen) atoms. The van der Waals surface area contributed by atoms with E-state index < -0.39 is 29.3 Å². The van der Waals surface area contributed by atoms with Crippen molar-refractivity contribution in [2.75, 3.05) is 13.7 Å². The van der Waals surface area contributed by atoms with Crippen LogP contribution in [0.4, 0.5) is 8.78 Å². The van der Waals surface area contributed by atoms with Gasteiger partial charge in [0, 0.05) is 6.07 Å². The molecule has 1 aromatic rings. The number of benzene rings is 1. The Balaban J connectivity index is 3.40. The van der Waals surface area contributed by atoms with Gasteiger partial charge in [-0.1, -0.05) is 11.6 Å². The molecule has 0 saturated heterocycles. The summed E-state index contributed by atoms with van der Waals surface area (Å²) in [5, 5.41) is 8.15. The highest BCUT2D eigenvalue weighted by molar-refractivity contribution is 6.31. The highest BCUT2D eigenvalue weighted by Crippen LogP contribution is 2.33. The van der Waals surface area contributed by atoms with Gasteiger partial charge in [-0.2, -0.15) is 0 Å². The van der Waals surface area contributed by atoms with E-state index in [1.165, 1.54) is 7.11 Å². The lowest BCUT2D eigenvalue weighted by Crippen LogP contribution is -2.18. The number of halogens is 3. The van der Waals surface area contributed by atoms with Gasteiger partial charge in [-0.05, 0) is 0 Å². The molecule has 84 valence electrons. The minimum absolute atomic E-state index is 0.0732. The van der Waals surface area contributed by atoms with Crippen LogP contribution < -0.4 is 10.5 Å². The van der Waals surface area contributed by atoms with E-state index in [4.69, 9.17) is 27.2 Å². The van der Waals surface area contributed by atoms with Crippen LogP contribution in [0.15, 0.2) is 6.07 Å². The Bertz CT molecular complexity index is 374. The fraction of sp³-hybridized carbons (Fsp3) is 0.333. The molecular weight excluding hydrogens is 228 g/mol. The highest BCUT2D eigenvalue weighted by atomic mass is 35.5. The van der Waals surface area contributed by atoms with E-state index in [0.717, 1.165) is 6.07 Å². The van der Waals surface area contributed by atoms with Crippen molar-refractivity contribution in [3.63, 3.8) is 0 Å². The van der Waals surface area contributed by atoms with Crippen molar-refractivity contribution in [2.24, 2.45) is 5.73 Å². The molecule has 1 rings (SSSR count). The first kappa shape index (κ1) is 12.2. The maximum Gasteiger partial charge on any atom is 0.153 e. The van der Waals surface area contributed by atoms with E-state index in [1.807, 2.05) is 0 Å². The average molecular weight is 238 g/mol. The first-order valence-electron chi connectivity index (χ1n) is 4.10. The Kier molecular flexibility index (Phi) is 3.84. The number of methoxy groups -OCH3 is 1. The minimum atomic E-state index is -1.00. The molecule has 0 saturated carbocycles. The molecule has 6 heteroatoms. The Labute approximate surface area is 90.4 Å². The lowest BCUT2D eigenvalue weighted by Gasteiger charge is -2.15. The fourth-order valence-electron chi connectivity index (χ4n) is 1.19. The predicted molar refractivity (Wildman–Crippen MR) is 51.9 cm³/mol. The van der Waals surface area contributed by atoms with Gasteiger partial charge in [0.25, 0.3) is 0 Å². The summed E-state index contributed by atoms with van der Waals surface area (Å²) in [5.41, 5.74) is 5.31. The maximum atomic E-state index is 13.5. The number of aliphatic hydroxyl groups excluding tert-OH is 1. The van der Waals surface area contributed by atoms with Gasteiger partial charge >= 0.3 is 0 Å². The number of hydrogen-bond donors (Lipinski definition) is 2. The summed E-state index contributed by atoms with van der Waals surface area (Å²) < 4.78 is 31.3. The van der Waals surface area contributed by atoms with Gasteiger partial charge in [0.1, 0.15) is 16.6 Å². The zero-order chi connectivity index (χ0) is 11.6. The van der Waals surface area contributed by atoms with Crippen LogP contribution in [0, 0.1) is 11.6 Å². The normalized spacial score (nSPS) is 12.7. The molecule has 0 radical (unpaired) electrons. The number of nitrogens with two attached hydrogens (primary N) is 1. The molecule has 0 aliphatic carbocycles. The van der Waals surface area contributed by atoms with Crippen LogP contribution in [0.2, 0.25) is 5.02 Å². The largest absolute Gasteiger partial charge is 0.496 e. The maximum absolute atomic E-state index is 13.5. The fourth-order valence-corrected chi connectivity index (χ4v) is 1.35. The van der Waals surface area contributed by atoms with E-state index in [1.54, 1.807) is 0 Å². The molecule has 1 unspecified atom stereocenters. The summed E-state index contributed by atoms with van der Waals surface area (Å²) in [5.74, 6) is -2.01. The second kappa shape index (κ2) is 4.74. The Morgan fingerprint density at radius 2 is 2.20 bits per heavy atom. The molecular formula is C9H10ClF2NO2. The molecule has 3 N–H and O–H groups in total. The molecule has 1 atom stereocenters. The highest BCUT2D eigenvalue weighted by Gasteiger charge is 2.22. The second-order valence-electron chi connectivity index (χ2n) is 2.89. The SMILES string of the molecule is COc1cc(F)c(Cl)c(F)c1C(N)CO. The van der Waals surface area contributed by atoms with E-state index in [9.17, 15) is 8.78 Å². The van der Waals surface area contributed by atoms with Gasteiger partial charge in [0.05, 0.1) is 25.3 Å². The molecule has 1 aromatic carbocycles. The van der Waals surface area contributed by atoms with E-state index >= 15 is 0 Å². The van der Waals surface area contributed by atoms with Crippen molar-refractivity contribution in [3.05, 3.63) is 28.3 Å². The zero-order valence-electron chi connectivity index (χ0n) is 7.93. The second-order valence-corrected chi connectivity index (χ2v) is 3.27. The monoisotopic (exact) mass is 237 g/mol. The van der Waals surface area contributed by atoms with Gasteiger partial charge in [-0.25, -0.2) is 8.78 Å². The Morgan fingerprint density at radius 1 is 1.60 bits per heavy atom. The van der Waals surface area contributed by atoms with Crippen molar-refractivity contribution >= 4 is 11.6 Å². The van der Waals surface area contributed by atoms with Crippen LogP contribution >= 0.6 is 11.6 Å². The lowest BCUT2D eigenvalue weighted by molar-refractivity contribution is 0.261. The quantitative estimate of drug-likeness (QED) is 0.786. The summed E-state index contributed by atoms with van der Waals surface area (Å²) in [7, 11) is 1.25. The van der Waals surface area contributed by atoms with Gasteiger partial charge in [-0.3, -0.25) is 0 Å². The summed E-state index contributed by atoms with van der Waals surface area (Å²) >= 11 is 5.37. The first-order valence-corrected chi connectivity index (χ1v) is 4.48. The number of aliphatic hydroxyl groups is 1. The molecule has 0 bridgehead atoms. The van der Waals surface area contributed by atoms with Gasteiger partial charge < -0.3 is 15.6 Å². The van der Waals surface area contributed by atoms with Crippen molar-refractivity contribution in [1.82, 2.24) is 0 Å². The molecule has 0 aliphatic heterocycles. The topological polar surface area (TPSA) is 55.5 Å². The molecule has 0 heterocycles. The van der Waals surface area contributed by atoms with Crippen LogP contribution in [-0.2, 0) is 0 Å². The molecule has 0 aromatic heterocycles. The zero-order valence-corrected chi connectivity index (χ0v) is 8.68. The Morgan fingerprint density at radius 3 is 2.67 bits per heavy atom. The number of hydrogen-bond acceptors (Lipinski definition) is 3. The van der Waals surface area contributed by atoms with E-state index in [0.29, 0.717) is 0 Å². The smallest absolute Gasteiger partial charge is 0.153 e. The van der Waals surface area contributed by atoms with Crippen LogP contribution in [0.5, 0.6) is 5.75 Å². The standard InChI is InChI=1S/C9H10ClF2NO2/c1-15-6-2-4(11)8(10)9(12)7(6)5(13)3-14/h2,5,14H,3,13H2,1H3. The average Bonchev–Trinajstić information content (AvgIpc) is 2.24. The van der Waals surface area contributed by atoms with Crippen molar-refractivity contribution in [1.29, 1.82) is 0 Å². The summed E-state index contributed by atoms with van der Waals surface area (Å²) in [6.07, 6.45) is 0. The predicted octanol–water partition coefficient (Wildman–Crippen LogP) is 1.62. The Hall–Kier alpha value is -0.910. The summed E-state index contributed by atoms with van der Waals surface area (Å²) in [4.78, 5) is 0. The minimum Gasteiger partial charge on any atom is -0.496 e. The van der Waals surface area contributed by atoms with Crippen LogP contribution in [0.25, 0.3) is 0 Å². The third kappa shape index (κ3) is 2.19. The van der Waals surface area contributed by atoms with Gasteiger partial charge in [-0.15, -0.1) is 0 Å². The third-order valence-corrected chi connectivity index (χ3v) is 2.30. The van der Waals surface area contributed by atoms with Crippen LogP contribution in [0.1, 0.15) is 11.6 Å². The van der Waals surface area contributed by atoms with Crippen LogP contribution in [-0.4, -0.2) is 18.8 Å². The first-order chi connectivity index (χ1) is 7.02. The number of rotatable bonds is 3. The summed E-state index contributed by atoms with van der Waals surface area (Å²) in [6, 6.07) is -0.0750. The van der Waals surface area contributed by atoms with Gasteiger partial charge in [0.15, 0.2) is 5.82 Å². The third-order valence-electron chi connectivity index (χ3n) is 1.95. The lowest BCUT2D eigenvalue weighted by atomic mass is 10.1. The van der Waals surface area contributed by atoms with Crippen molar-refractivity contribution in [3.8, 4) is 5.75 Å². The van der Waals surface area contributed by atoms with Crippen molar-refractivity contribution in [2.45, 2.75) is 6.04 Å².